The number of primary amides is 1. The van der Waals surface area contributed by atoms with Gasteiger partial charge in [0.2, 0.25) is 5.91 Å². The van der Waals surface area contributed by atoms with E-state index in [1.54, 1.807) is 12.1 Å². The number of nitro groups is 1. The highest BCUT2D eigenvalue weighted by Gasteiger charge is 2.23. The van der Waals surface area contributed by atoms with Crippen LogP contribution in [0.3, 0.4) is 0 Å². The molecular weight excluding hydrogens is 374 g/mol. The molecule has 3 aromatic carbocycles. The maximum Gasteiger partial charge on any atom is 0.269 e. The fourth-order valence-corrected chi connectivity index (χ4v) is 3.05. The van der Waals surface area contributed by atoms with Crippen molar-refractivity contribution in [1.82, 2.24) is 5.32 Å². The predicted molar refractivity (Wildman–Crippen MR) is 108 cm³/mol. The van der Waals surface area contributed by atoms with Gasteiger partial charge in [-0.05, 0) is 29.0 Å². The first-order valence-corrected chi connectivity index (χ1v) is 8.79. The highest BCUT2D eigenvalue weighted by molar-refractivity contribution is 6.00. The summed E-state index contributed by atoms with van der Waals surface area (Å²) in [6.07, 6.45) is -0.0422. The molecule has 1 atom stereocenters. The second-order valence-corrected chi connectivity index (χ2v) is 6.45. The van der Waals surface area contributed by atoms with Crippen molar-refractivity contribution in [3.05, 3.63) is 81.9 Å². The summed E-state index contributed by atoms with van der Waals surface area (Å²) in [6.45, 7) is 0. The van der Waals surface area contributed by atoms with Gasteiger partial charge in [-0.3, -0.25) is 19.7 Å². The molecule has 2 amide bonds. The monoisotopic (exact) mass is 393 g/mol. The smallest absolute Gasteiger partial charge is 0.269 e. The number of carbonyl (C=O) groups excluding carboxylic acids is 2. The third-order valence-corrected chi connectivity index (χ3v) is 4.56. The quantitative estimate of drug-likeness (QED) is 0.471. The summed E-state index contributed by atoms with van der Waals surface area (Å²) in [6, 6.07) is 15.7. The lowest BCUT2D eigenvalue weighted by molar-refractivity contribution is -0.384. The lowest BCUT2D eigenvalue weighted by Crippen LogP contribution is -2.45. The molecule has 0 fully saturated rings. The number of rotatable bonds is 7. The van der Waals surface area contributed by atoms with E-state index in [0.29, 0.717) is 16.9 Å². The molecule has 0 bridgehead atoms. The van der Waals surface area contributed by atoms with E-state index in [-0.39, 0.29) is 12.1 Å². The van der Waals surface area contributed by atoms with Crippen LogP contribution in [0.1, 0.15) is 15.9 Å². The van der Waals surface area contributed by atoms with Crippen LogP contribution in [0.25, 0.3) is 10.8 Å². The molecule has 0 aliphatic carbocycles. The molecule has 0 spiro atoms. The Morgan fingerprint density at radius 3 is 2.48 bits per heavy atom. The van der Waals surface area contributed by atoms with Gasteiger partial charge in [-0.15, -0.1) is 0 Å². The van der Waals surface area contributed by atoms with Crippen LogP contribution in [0.2, 0.25) is 0 Å². The van der Waals surface area contributed by atoms with Gasteiger partial charge in [-0.25, -0.2) is 0 Å². The number of nitro benzene ring substituents is 1. The Kier molecular flexibility index (Phi) is 5.73. The molecule has 0 aliphatic heterocycles. The SMILES string of the molecule is COc1ccc([N+](=O)[O-])cc1C[C@@H](NC(=O)c1ccc2ccccc2c1)C(N)=O. The standard InChI is InChI=1S/C21H19N3O5/c1-29-19-9-8-17(24(27)28)11-16(19)12-18(20(22)25)23-21(26)15-7-6-13-4-2-3-5-14(13)10-15/h2-11,18H,12H2,1H3,(H2,22,25)(H,23,26)/t18-/m1/s1. The molecular formula is C21H19N3O5. The molecule has 148 valence electrons. The number of carbonyl (C=O) groups is 2. The van der Waals surface area contributed by atoms with Crippen molar-refractivity contribution in [1.29, 1.82) is 0 Å². The van der Waals surface area contributed by atoms with Crippen LogP contribution in [-0.4, -0.2) is 29.9 Å². The number of non-ortho nitro benzene ring substituents is 1. The minimum atomic E-state index is -1.06. The summed E-state index contributed by atoms with van der Waals surface area (Å²) in [4.78, 5) is 35.1. The molecule has 8 nitrogen and oxygen atoms in total. The Morgan fingerprint density at radius 1 is 1.10 bits per heavy atom. The van der Waals surface area contributed by atoms with E-state index in [0.717, 1.165) is 10.8 Å². The van der Waals surface area contributed by atoms with E-state index < -0.39 is 22.8 Å². The van der Waals surface area contributed by atoms with Gasteiger partial charge in [0, 0.05) is 29.7 Å². The van der Waals surface area contributed by atoms with Crippen LogP contribution in [0.4, 0.5) is 5.69 Å². The first-order chi connectivity index (χ1) is 13.9. The van der Waals surface area contributed by atoms with Crippen molar-refractivity contribution in [2.45, 2.75) is 12.5 Å². The summed E-state index contributed by atoms with van der Waals surface area (Å²) >= 11 is 0. The molecule has 0 saturated heterocycles. The van der Waals surface area contributed by atoms with Gasteiger partial charge in [0.25, 0.3) is 11.6 Å². The first-order valence-electron chi connectivity index (χ1n) is 8.79. The largest absolute Gasteiger partial charge is 0.496 e. The molecule has 0 heterocycles. The van der Waals surface area contributed by atoms with Crippen LogP contribution in [0, 0.1) is 10.1 Å². The predicted octanol–water partition coefficient (Wildman–Crippen LogP) is 2.58. The van der Waals surface area contributed by atoms with Gasteiger partial charge >= 0.3 is 0 Å². The Balaban J connectivity index is 1.84. The van der Waals surface area contributed by atoms with E-state index in [9.17, 15) is 19.7 Å². The molecule has 3 rings (SSSR count). The van der Waals surface area contributed by atoms with Crippen LogP contribution < -0.4 is 15.8 Å². The number of hydrogen-bond donors (Lipinski definition) is 2. The van der Waals surface area contributed by atoms with E-state index >= 15 is 0 Å². The maximum atomic E-state index is 12.7. The van der Waals surface area contributed by atoms with E-state index in [1.807, 2.05) is 30.3 Å². The van der Waals surface area contributed by atoms with Gasteiger partial charge in [0.05, 0.1) is 12.0 Å². The average molecular weight is 393 g/mol. The number of methoxy groups -OCH3 is 1. The fraction of sp³-hybridized carbons (Fsp3) is 0.143. The number of benzene rings is 3. The number of amides is 2. The zero-order valence-electron chi connectivity index (χ0n) is 15.6. The molecule has 3 N–H and O–H groups in total. The minimum absolute atomic E-state index is 0.0422. The van der Waals surface area contributed by atoms with Gasteiger partial charge in [0.1, 0.15) is 11.8 Å². The number of nitrogens with two attached hydrogens (primary N) is 1. The lowest BCUT2D eigenvalue weighted by atomic mass is 10.0. The zero-order chi connectivity index (χ0) is 21.0. The number of nitrogens with zero attached hydrogens (tertiary/aromatic N) is 1. The Morgan fingerprint density at radius 2 is 1.83 bits per heavy atom. The summed E-state index contributed by atoms with van der Waals surface area (Å²) in [7, 11) is 1.41. The Bertz CT molecular complexity index is 1100. The second-order valence-electron chi connectivity index (χ2n) is 6.45. The molecule has 8 heteroatoms. The second kappa shape index (κ2) is 8.39. The van der Waals surface area contributed by atoms with E-state index in [4.69, 9.17) is 10.5 Å². The summed E-state index contributed by atoms with van der Waals surface area (Å²) < 4.78 is 5.21. The molecule has 29 heavy (non-hydrogen) atoms. The number of nitrogens with one attached hydrogen (secondary N) is 1. The van der Waals surface area contributed by atoms with Crippen LogP contribution in [0.5, 0.6) is 5.75 Å². The average Bonchev–Trinajstić information content (AvgIpc) is 2.72. The number of fused-ring (bicyclic) bond motifs is 1. The van der Waals surface area contributed by atoms with Gasteiger partial charge < -0.3 is 15.8 Å². The molecule has 0 aliphatic rings. The number of ether oxygens (including phenoxy) is 1. The zero-order valence-corrected chi connectivity index (χ0v) is 15.6. The molecule has 0 unspecified atom stereocenters. The maximum absolute atomic E-state index is 12.7. The molecule has 3 aromatic rings. The fourth-order valence-electron chi connectivity index (χ4n) is 3.05. The van der Waals surface area contributed by atoms with Crippen molar-refractivity contribution in [3.8, 4) is 5.75 Å². The number of hydrogen-bond acceptors (Lipinski definition) is 5. The molecule has 0 radical (unpaired) electrons. The highest BCUT2D eigenvalue weighted by Crippen LogP contribution is 2.25. The summed E-state index contributed by atoms with van der Waals surface area (Å²) in [5.74, 6) is -0.863. The third-order valence-electron chi connectivity index (χ3n) is 4.56. The van der Waals surface area contributed by atoms with Crippen LogP contribution >= 0.6 is 0 Å². The first kappa shape index (κ1) is 19.8. The van der Waals surface area contributed by atoms with Crippen molar-refractivity contribution >= 4 is 28.3 Å². The Labute approximate surface area is 166 Å². The van der Waals surface area contributed by atoms with Crippen LogP contribution in [0.15, 0.2) is 60.7 Å². The molecule has 0 saturated carbocycles. The minimum Gasteiger partial charge on any atom is -0.496 e. The van der Waals surface area contributed by atoms with Crippen LogP contribution in [-0.2, 0) is 11.2 Å². The van der Waals surface area contributed by atoms with Crippen molar-refractivity contribution in [3.63, 3.8) is 0 Å². The van der Waals surface area contributed by atoms with E-state index in [2.05, 4.69) is 5.32 Å². The Hall–Kier alpha value is -3.94. The van der Waals surface area contributed by atoms with Crippen molar-refractivity contribution in [2.75, 3.05) is 7.11 Å². The van der Waals surface area contributed by atoms with Crippen molar-refractivity contribution < 1.29 is 19.2 Å². The highest BCUT2D eigenvalue weighted by atomic mass is 16.6. The summed E-state index contributed by atoms with van der Waals surface area (Å²) in [5.41, 5.74) is 6.08. The van der Waals surface area contributed by atoms with Gasteiger partial charge in [0.15, 0.2) is 0 Å². The van der Waals surface area contributed by atoms with Gasteiger partial charge in [-0.1, -0.05) is 30.3 Å². The molecule has 0 aromatic heterocycles. The van der Waals surface area contributed by atoms with Crippen molar-refractivity contribution in [2.24, 2.45) is 5.73 Å². The lowest BCUT2D eigenvalue weighted by Gasteiger charge is -2.17. The topological polar surface area (TPSA) is 125 Å². The van der Waals surface area contributed by atoms with E-state index in [1.165, 1.54) is 25.3 Å². The third kappa shape index (κ3) is 4.49. The normalized spacial score (nSPS) is 11.6. The summed E-state index contributed by atoms with van der Waals surface area (Å²) in [5, 5.41) is 15.5. The van der Waals surface area contributed by atoms with Gasteiger partial charge in [-0.2, -0.15) is 0 Å².